The fourth-order valence-electron chi connectivity index (χ4n) is 4.02. The standard InChI is InChI=1S/C21H31N3O3/c1-3-18(16-7-5-4-6-8-16)21(26)24-12-9-17(10-13-24)23-20(25)19-15(2)27-14-11-22-19/h4-8,15,17-19,22H,3,9-14H2,1-2H3,(H,23,25)/t15-,18?,19+/m1/s1. The molecule has 2 amide bonds. The Morgan fingerprint density at radius 3 is 2.59 bits per heavy atom. The number of benzene rings is 1. The van der Waals surface area contributed by atoms with Crippen LogP contribution in [0.3, 0.4) is 0 Å². The maximum Gasteiger partial charge on any atom is 0.240 e. The number of rotatable bonds is 5. The number of amides is 2. The Balaban J connectivity index is 1.51. The molecule has 2 aliphatic heterocycles. The molecule has 2 aliphatic rings. The Labute approximate surface area is 161 Å². The van der Waals surface area contributed by atoms with E-state index < -0.39 is 0 Å². The first-order valence-corrected chi connectivity index (χ1v) is 10.1. The number of ether oxygens (including phenoxy) is 1. The molecule has 3 atom stereocenters. The van der Waals surface area contributed by atoms with E-state index in [0.29, 0.717) is 26.2 Å². The molecule has 1 aromatic rings. The van der Waals surface area contributed by atoms with E-state index in [9.17, 15) is 9.59 Å². The summed E-state index contributed by atoms with van der Waals surface area (Å²) in [6.45, 7) is 6.71. The van der Waals surface area contributed by atoms with Crippen LogP contribution in [-0.4, -0.2) is 61.1 Å². The van der Waals surface area contributed by atoms with Crippen molar-refractivity contribution in [2.24, 2.45) is 0 Å². The van der Waals surface area contributed by atoms with Gasteiger partial charge in [0.25, 0.3) is 0 Å². The maximum atomic E-state index is 13.0. The summed E-state index contributed by atoms with van der Waals surface area (Å²) in [5, 5.41) is 6.36. The number of nitrogens with zero attached hydrogens (tertiary/aromatic N) is 1. The van der Waals surface area contributed by atoms with Crippen LogP contribution in [0, 0.1) is 0 Å². The van der Waals surface area contributed by atoms with Crippen LogP contribution in [-0.2, 0) is 14.3 Å². The van der Waals surface area contributed by atoms with Crippen LogP contribution in [0.1, 0.15) is 44.6 Å². The molecular formula is C21H31N3O3. The molecule has 0 aliphatic carbocycles. The van der Waals surface area contributed by atoms with Crippen molar-refractivity contribution >= 4 is 11.8 Å². The Bertz CT molecular complexity index is 629. The lowest BCUT2D eigenvalue weighted by molar-refractivity contribution is -0.134. The number of morpholine rings is 1. The topological polar surface area (TPSA) is 70.7 Å². The number of hydrogen-bond acceptors (Lipinski definition) is 4. The molecule has 2 heterocycles. The Hall–Kier alpha value is -1.92. The van der Waals surface area contributed by atoms with Gasteiger partial charge in [-0.3, -0.25) is 9.59 Å². The predicted molar refractivity (Wildman–Crippen MR) is 104 cm³/mol. The zero-order valence-electron chi connectivity index (χ0n) is 16.3. The summed E-state index contributed by atoms with van der Waals surface area (Å²) >= 11 is 0. The highest BCUT2D eigenvalue weighted by atomic mass is 16.5. The first-order valence-electron chi connectivity index (χ1n) is 10.1. The fraction of sp³-hybridized carbons (Fsp3) is 0.619. The number of carbonyl (C=O) groups is 2. The van der Waals surface area contributed by atoms with Crippen LogP contribution >= 0.6 is 0 Å². The van der Waals surface area contributed by atoms with E-state index in [1.165, 1.54) is 0 Å². The number of carbonyl (C=O) groups excluding carboxylic acids is 2. The monoisotopic (exact) mass is 373 g/mol. The predicted octanol–water partition coefficient (Wildman–Crippen LogP) is 1.66. The van der Waals surface area contributed by atoms with Gasteiger partial charge in [-0.15, -0.1) is 0 Å². The second-order valence-electron chi connectivity index (χ2n) is 7.49. The van der Waals surface area contributed by atoms with Gasteiger partial charge < -0.3 is 20.3 Å². The minimum atomic E-state index is -0.291. The normalized spacial score (nSPS) is 25.0. The van der Waals surface area contributed by atoms with Gasteiger partial charge in [0.05, 0.1) is 18.6 Å². The first-order chi connectivity index (χ1) is 13.1. The highest BCUT2D eigenvalue weighted by Gasteiger charge is 2.32. The van der Waals surface area contributed by atoms with Crippen LogP contribution in [0.25, 0.3) is 0 Å². The molecule has 0 bridgehead atoms. The smallest absolute Gasteiger partial charge is 0.240 e. The van der Waals surface area contributed by atoms with E-state index >= 15 is 0 Å². The molecule has 0 saturated carbocycles. The van der Waals surface area contributed by atoms with Gasteiger partial charge in [-0.05, 0) is 31.7 Å². The summed E-state index contributed by atoms with van der Waals surface area (Å²) in [4.78, 5) is 27.4. The molecule has 3 rings (SSSR count). The van der Waals surface area contributed by atoms with Crippen molar-refractivity contribution < 1.29 is 14.3 Å². The van der Waals surface area contributed by atoms with Gasteiger partial charge in [0, 0.05) is 25.7 Å². The summed E-state index contributed by atoms with van der Waals surface area (Å²) < 4.78 is 5.55. The van der Waals surface area contributed by atoms with Crippen molar-refractivity contribution in [3.8, 4) is 0 Å². The number of hydrogen-bond donors (Lipinski definition) is 2. The third-order valence-corrected chi connectivity index (χ3v) is 5.66. The van der Waals surface area contributed by atoms with Gasteiger partial charge >= 0.3 is 0 Å². The summed E-state index contributed by atoms with van der Waals surface area (Å²) in [5.74, 6) is 0.119. The van der Waals surface area contributed by atoms with Crippen molar-refractivity contribution in [1.82, 2.24) is 15.5 Å². The molecule has 2 N–H and O–H groups in total. The molecular weight excluding hydrogens is 342 g/mol. The lowest BCUT2D eigenvalue weighted by Gasteiger charge is -2.36. The highest BCUT2D eigenvalue weighted by molar-refractivity contribution is 5.84. The maximum absolute atomic E-state index is 13.0. The van der Waals surface area contributed by atoms with Crippen molar-refractivity contribution in [2.45, 2.75) is 57.2 Å². The van der Waals surface area contributed by atoms with Crippen LogP contribution in [0.4, 0.5) is 0 Å². The molecule has 2 fully saturated rings. The van der Waals surface area contributed by atoms with E-state index in [1.807, 2.05) is 42.2 Å². The van der Waals surface area contributed by atoms with Crippen LogP contribution in [0.2, 0.25) is 0 Å². The molecule has 6 heteroatoms. The molecule has 0 aromatic heterocycles. The van der Waals surface area contributed by atoms with Gasteiger partial charge in [0.15, 0.2) is 0 Å². The molecule has 148 valence electrons. The molecule has 27 heavy (non-hydrogen) atoms. The summed E-state index contributed by atoms with van der Waals surface area (Å²) in [5.41, 5.74) is 1.08. The van der Waals surface area contributed by atoms with E-state index in [4.69, 9.17) is 4.74 Å². The molecule has 2 saturated heterocycles. The first kappa shape index (κ1) is 19.8. The fourth-order valence-corrected chi connectivity index (χ4v) is 4.02. The summed E-state index contributed by atoms with van der Waals surface area (Å²) in [6.07, 6.45) is 2.27. The zero-order chi connectivity index (χ0) is 19.2. The molecule has 0 radical (unpaired) electrons. The van der Waals surface area contributed by atoms with Crippen molar-refractivity contribution in [3.05, 3.63) is 35.9 Å². The SMILES string of the molecule is CCC(C(=O)N1CCC(NC(=O)[C@H]2NCCO[C@@H]2C)CC1)c1ccccc1. The number of likely N-dealkylation sites (tertiary alicyclic amines) is 1. The minimum absolute atomic E-state index is 0.00250. The highest BCUT2D eigenvalue weighted by Crippen LogP contribution is 2.24. The van der Waals surface area contributed by atoms with Crippen LogP contribution < -0.4 is 10.6 Å². The summed E-state index contributed by atoms with van der Waals surface area (Å²) in [6, 6.07) is 9.82. The second-order valence-corrected chi connectivity index (χ2v) is 7.49. The summed E-state index contributed by atoms with van der Waals surface area (Å²) in [7, 11) is 0. The van der Waals surface area contributed by atoms with E-state index in [0.717, 1.165) is 24.8 Å². The van der Waals surface area contributed by atoms with E-state index in [-0.39, 0.29) is 35.9 Å². The second kappa shape index (κ2) is 9.33. The Morgan fingerprint density at radius 1 is 1.26 bits per heavy atom. The third kappa shape index (κ3) is 4.87. The third-order valence-electron chi connectivity index (χ3n) is 5.66. The van der Waals surface area contributed by atoms with E-state index in [2.05, 4.69) is 17.6 Å². The lowest BCUT2D eigenvalue weighted by Crippen LogP contribution is -2.58. The largest absolute Gasteiger partial charge is 0.375 e. The average Bonchev–Trinajstić information content (AvgIpc) is 2.70. The van der Waals surface area contributed by atoms with Crippen molar-refractivity contribution in [3.63, 3.8) is 0 Å². The molecule has 1 aromatic carbocycles. The quantitative estimate of drug-likeness (QED) is 0.824. The average molecular weight is 373 g/mol. The van der Waals surface area contributed by atoms with Crippen molar-refractivity contribution in [1.29, 1.82) is 0 Å². The van der Waals surface area contributed by atoms with Gasteiger partial charge in [-0.25, -0.2) is 0 Å². The van der Waals surface area contributed by atoms with Gasteiger partial charge in [-0.1, -0.05) is 37.3 Å². The van der Waals surface area contributed by atoms with Gasteiger partial charge in [0.1, 0.15) is 6.04 Å². The van der Waals surface area contributed by atoms with Gasteiger partial charge in [0.2, 0.25) is 11.8 Å². The lowest BCUT2D eigenvalue weighted by atomic mass is 9.93. The number of piperidine rings is 1. The molecule has 6 nitrogen and oxygen atoms in total. The Kier molecular flexibility index (Phi) is 6.85. The van der Waals surface area contributed by atoms with Crippen LogP contribution in [0.15, 0.2) is 30.3 Å². The molecule has 0 spiro atoms. The number of nitrogens with one attached hydrogen (secondary N) is 2. The van der Waals surface area contributed by atoms with E-state index in [1.54, 1.807) is 0 Å². The van der Waals surface area contributed by atoms with Crippen molar-refractivity contribution in [2.75, 3.05) is 26.2 Å². The minimum Gasteiger partial charge on any atom is -0.375 e. The van der Waals surface area contributed by atoms with Gasteiger partial charge in [-0.2, -0.15) is 0 Å². The Morgan fingerprint density at radius 2 is 1.96 bits per heavy atom. The zero-order valence-corrected chi connectivity index (χ0v) is 16.3. The molecule has 1 unspecified atom stereocenters. The van der Waals surface area contributed by atoms with Crippen LogP contribution in [0.5, 0.6) is 0 Å².